The van der Waals surface area contributed by atoms with E-state index in [1.54, 1.807) is 0 Å². The standard InChI is InChI=1S/C16H26N2/c1-6-8-14-18(5)16(4)15(3)11-9-10-13-17-12-7-2/h1,9-13,15-16H,7-8,14H2,2-5H3/b11-9+,13-10-,17-12-. The number of terminal acetylenes is 1. The fraction of sp³-hybridized carbons (Fsp3) is 0.562. The summed E-state index contributed by atoms with van der Waals surface area (Å²) < 4.78 is 0. The molecule has 2 unspecified atom stereocenters. The largest absolute Gasteiger partial charge is 0.302 e. The number of rotatable bonds is 8. The number of aliphatic imine (C=N–C) groups is 1. The smallest absolute Gasteiger partial charge is 0.0263 e. The molecule has 0 bridgehead atoms. The van der Waals surface area contributed by atoms with E-state index in [4.69, 9.17) is 6.42 Å². The highest BCUT2D eigenvalue weighted by atomic mass is 15.1. The Balaban J connectivity index is 4.10. The van der Waals surface area contributed by atoms with Crippen LogP contribution in [0.5, 0.6) is 0 Å². The SMILES string of the molecule is C#CCCN(C)C(C)C(C)/C=C/C=C\N=C/CC. The van der Waals surface area contributed by atoms with Gasteiger partial charge in [-0.2, -0.15) is 0 Å². The van der Waals surface area contributed by atoms with Crippen molar-refractivity contribution in [3.8, 4) is 12.3 Å². The molecule has 0 aliphatic rings. The summed E-state index contributed by atoms with van der Waals surface area (Å²) in [7, 11) is 2.12. The van der Waals surface area contributed by atoms with Gasteiger partial charge in [-0.15, -0.1) is 12.3 Å². The first-order chi connectivity index (χ1) is 8.63. The zero-order valence-electron chi connectivity index (χ0n) is 12.1. The van der Waals surface area contributed by atoms with Crippen molar-refractivity contribution in [1.82, 2.24) is 4.90 Å². The van der Waals surface area contributed by atoms with Gasteiger partial charge in [0.15, 0.2) is 0 Å². The Bertz CT molecular complexity index is 320. The van der Waals surface area contributed by atoms with Gasteiger partial charge in [0.05, 0.1) is 0 Å². The molecule has 0 amide bonds. The van der Waals surface area contributed by atoms with Crippen LogP contribution in [0, 0.1) is 18.3 Å². The molecule has 0 heterocycles. The van der Waals surface area contributed by atoms with Gasteiger partial charge in [-0.05, 0) is 32.4 Å². The molecule has 0 aliphatic carbocycles. The monoisotopic (exact) mass is 246 g/mol. The van der Waals surface area contributed by atoms with E-state index in [9.17, 15) is 0 Å². The molecular formula is C16H26N2. The molecule has 0 rings (SSSR count). The van der Waals surface area contributed by atoms with Gasteiger partial charge in [0.25, 0.3) is 0 Å². The van der Waals surface area contributed by atoms with Crippen molar-refractivity contribution in [2.45, 2.75) is 39.7 Å². The molecule has 0 aromatic rings. The van der Waals surface area contributed by atoms with Gasteiger partial charge in [0.2, 0.25) is 0 Å². The first-order valence-electron chi connectivity index (χ1n) is 6.62. The minimum atomic E-state index is 0.488. The van der Waals surface area contributed by atoms with Gasteiger partial charge < -0.3 is 4.90 Å². The second kappa shape index (κ2) is 10.8. The first kappa shape index (κ1) is 16.7. The van der Waals surface area contributed by atoms with Crippen LogP contribution in [-0.4, -0.2) is 30.7 Å². The molecule has 0 fully saturated rings. The normalized spacial score (nSPS) is 15.8. The Hall–Kier alpha value is -1.33. The van der Waals surface area contributed by atoms with Crippen LogP contribution in [0.2, 0.25) is 0 Å². The molecule has 0 N–H and O–H groups in total. The lowest BCUT2D eigenvalue weighted by atomic mass is 10.0. The molecule has 100 valence electrons. The number of nitrogens with zero attached hydrogens (tertiary/aromatic N) is 2. The van der Waals surface area contributed by atoms with E-state index in [1.807, 2.05) is 18.5 Å². The third-order valence-corrected chi connectivity index (χ3v) is 3.05. The second-order valence-electron chi connectivity index (χ2n) is 4.50. The van der Waals surface area contributed by atoms with Crippen molar-refractivity contribution in [3.05, 3.63) is 24.4 Å². The van der Waals surface area contributed by atoms with Crippen LogP contribution >= 0.6 is 0 Å². The van der Waals surface area contributed by atoms with Gasteiger partial charge in [0, 0.05) is 31.4 Å². The maximum absolute atomic E-state index is 5.28. The van der Waals surface area contributed by atoms with Crippen LogP contribution in [0.25, 0.3) is 0 Å². The molecule has 18 heavy (non-hydrogen) atoms. The molecule has 0 aliphatic heterocycles. The summed E-state index contributed by atoms with van der Waals surface area (Å²) in [6.45, 7) is 7.47. The van der Waals surface area contributed by atoms with Crippen LogP contribution < -0.4 is 0 Å². The molecule has 0 saturated carbocycles. The number of hydrogen-bond donors (Lipinski definition) is 0. The quantitative estimate of drug-likeness (QED) is 0.363. The lowest BCUT2D eigenvalue weighted by Crippen LogP contribution is -2.34. The topological polar surface area (TPSA) is 15.6 Å². The lowest BCUT2D eigenvalue weighted by Gasteiger charge is -2.27. The van der Waals surface area contributed by atoms with Crippen LogP contribution in [0.3, 0.4) is 0 Å². The van der Waals surface area contributed by atoms with Crippen molar-refractivity contribution in [2.24, 2.45) is 10.9 Å². The fourth-order valence-corrected chi connectivity index (χ4v) is 1.51. The van der Waals surface area contributed by atoms with Crippen LogP contribution in [-0.2, 0) is 0 Å². The summed E-state index contributed by atoms with van der Waals surface area (Å²) in [6, 6.07) is 0.488. The van der Waals surface area contributed by atoms with Crippen LogP contribution in [0.1, 0.15) is 33.6 Å². The van der Waals surface area contributed by atoms with E-state index < -0.39 is 0 Å². The van der Waals surface area contributed by atoms with Gasteiger partial charge in [-0.1, -0.05) is 26.0 Å². The lowest BCUT2D eigenvalue weighted by molar-refractivity contribution is 0.226. The van der Waals surface area contributed by atoms with E-state index in [0.29, 0.717) is 12.0 Å². The zero-order chi connectivity index (χ0) is 13.8. The molecule has 0 aromatic carbocycles. The minimum Gasteiger partial charge on any atom is -0.302 e. The Morgan fingerprint density at radius 3 is 2.67 bits per heavy atom. The van der Waals surface area contributed by atoms with Crippen molar-refractivity contribution in [2.75, 3.05) is 13.6 Å². The molecular weight excluding hydrogens is 220 g/mol. The Labute approximate surface area is 112 Å². The molecule has 0 spiro atoms. The molecule has 2 heteroatoms. The maximum Gasteiger partial charge on any atom is 0.0263 e. The van der Waals surface area contributed by atoms with E-state index in [1.165, 1.54) is 0 Å². The minimum absolute atomic E-state index is 0.488. The fourth-order valence-electron chi connectivity index (χ4n) is 1.51. The summed E-state index contributed by atoms with van der Waals surface area (Å²) in [4.78, 5) is 6.42. The third-order valence-electron chi connectivity index (χ3n) is 3.05. The van der Waals surface area contributed by atoms with Crippen molar-refractivity contribution in [3.63, 3.8) is 0 Å². The summed E-state index contributed by atoms with van der Waals surface area (Å²) in [5.74, 6) is 3.17. The van der Waals surface area contributed by atoms with E-state index in [-0.39, 0.29) is 0 Å². The van der Waals surface area contributed by atoms with Gasteiger partial charge in [-0.25, -0.2) is 0 Å². The first-order valence-corrected chi connectivity index (χ1v) is 6.62. The molecule has 2 atom stereocenters. The van der Waals surface area contributed by atoms with Crippen molar-refractivity contribution < 1.29 is 0 Å². The number of hydrogen-bond acceptors (Lipinski definition) is 2. The van der Waals surface area contributed by atoms with Gasteiger partial charge >= 0.3 is 0 Å². The highest BCUT2D eigenvalue weighted by Gasteiger charge is 2.13. The van der Waals surface area contributed by atoms with Crippen molar-refractivity contribution >= 4 is 6.21 Å². The average molecular weight is 246 g/mol. The Kier molecular flexibility index (Phi) is 10.0. The van der Waals surface area contributed by atoms with Crippen molar-refractivity contribution in [1.29, 1.82) is 0 Å². The van der Waals surface area contributed by atoms with E-state index in [0.717, 1.165) is 19.4 Å². The van der Waals surface area contributed by atoms with Gasteiger partial charge in [-0.3, -0.25) is 4.99 Å². The maximum atomic E-state index is 5.28. The van der Waals surface area contributed by atoms with Gasteiger partial charge in [0.1, 0.15) is 0 Å². The predicted molar refractivity (Wildman–Crippen MR) is 81.8 cm³/mol. The van der Waals surface area contributed by atoms with E-state index in [2.05, 4.69) is 55.8 Å². The molecule has 0 saturated heterocycles. The summed E-state index contributed by atoms with van der Waals surface area (Å²) in [5.41, 5.74) is 0. The highest BCUT2D eigenvalue weighted by molar-refractivity contribution is 5.57. The molecule has 2 nitrogen and oxygen atoms in total. The average Bonchev–Trinajstić information content (AvgIpc) is 2.38. The third kappa shape index (κ3) is 7.86. The summed E-state index contributed by atoms with van der Waals surface area (Å²) in [5, 5.41) is 0. The predicted octanol–water partition coefficient (Wildman–Crippen LogP) is 3.52. The zero-order valence-corrected chi connectivity index (χ0v) is 12.1. The Morgan fingerprint density at radius 2 is 2.06 bits per heavy atom. The van der Waals surface area contributed by atoms with Crippen LogP contribution in [0.15, 0.2) is 29.4 Å². The molecule has 0 radical (unpaired) electrons. The summed E-state index contributed by atoms with van der Waals surface area (Å²) >= 11 is 0. The highest BCUT2D eigenvalue weighted by Crippen LogP contribution is 2.11. The molecule has 0 aromatic heterocycles. The van der Waals surface area contributed by atoms with Crippen LogP contribution in [0.4, 0.5) is 0 Å². The van der Waals surface area contributed by atoms with E-state index >= 15 is 0 Å². The summed E-state index contributed by atoms with van der Waals surface area (Å²) in [6.07, 6.45) is 17.0. The number of allylic oxidation sites excluding steroid dienone is 2. The second-order valence-corrected chi connectivity index (χ2v) is 4.50. The Morgan fingerprint density at radius 1 is 1.33 bits per heavy atom.